The highest BCUT2D eigenvalue weighted by molar-refractivity contribution is 7.85. The summed E-state index contributed by atoms with van der Waals surface area (Å²) in [7, 11) is -1.26. The van der Waals surface area contributed by atoms with Crippen LogP contribution in [0.5, 0.6) is 0 Å². The molecule has 0 spiro atoms. The molecule has 2 atom stereocenters. The predicted molar refractivity (Wildman–Crippen MR) is 73.9 cm³/mol. The van der Waals surface area contributed by atoms with E-state index in [0.29, 0.717) is 17.3 Å². The van der Waals surface area contributed by atoms with Crippen LogP contribution in [0.2, 0.25) is 0 Å². The molecule has 0 aromatic heterocycles. The lowest BCUT2D eigenvalue weighted by molar-refractivity contribution is -0.0141. The van der Waals surface area contributed by atoms with Crippen molar-refractivity contribution in [2.45, 2.75) is 17.9 Å². The van der Waals surface area contributed by atoms with Gasteiger partial charge in [0.1, 0.15) is 5.82 Å². The number of morpholine rings is 1. The van der Waals surface area contributed by atoms with Crippen molar-refractivity contribution in [3.8, 4) is 0 Å². The maximum atomic E-state index is 13.0. The first-order valence-electron chi connectivity index (χ1n) is 6.37. The first-order chi connectivity index (χ1) is 9.10. The smallest absolute Gasteiger partial charge is 0.125 e. The summed E-state index contributed by atoms with van der Waals surface area (Å²) in [5.41, 5.74) is 5.93. The van der Waals surface area contributed by atoms with Gasteiger partial charge in [0.15, 0.2) is 0 Å². The van der Waals surface area contributed by atoms with Crippen LogP contribution < -0.4 is 5.73 Å². The van der Waals surface area contributed by atoms with Crippen molar-refractivity contribution in [1.82, 2.24) is 4.90 Å². The molecule has 0 radical (unpaired) electrons. The van der Waals surface area contributed by atoms with E-state index >= 15 is 0 Å². The van der Waals surface area contributed by atoms with Gasteiger partial charge in [0, 0.05) is 13.1 Å². The molecule has 19 heavy (non-hydrogen) atoms. The third-order valence-corrected chi connectivity index (χ3v) is 4.76. The van der Waals surface area contributed by atoms with Crippen LogP contribution >= 0.6 is 0 Å². The lowest BCUT2D eigenvalue weighted by Gasteiger charge is -2.31. The minimum absolute atomic E-state index is 0.0565. The number of ether oxygens (including phenoxy) is 1. The molecule has 1 heterocycles. The Morgan fingerprint density at radius 1 is 1.58 bits per heavy atom. The van der Waals surface area contributed by atoms with Crippen LogP contribution in [0.15, 0.2) is 23.1 Å². The fourth-order valence-electron chi connectivity index (χ4n) is 2.15. The number of nitrogen functional groups attached to an aromatic ring is 1. The van der Waals surface area contributed by atoms with Gasteiger partial charge in [0.2, 0.25) is 0 Å². The highest BCUT2D eigenvalue weighted by Crippen LogP contribution is 2.19. The Labute approximate surface area is 115 Å². The van der Waals surface area contributed by atoms with Crippen molar-refractivity contribution >= 4 is 16.5 Å². The largest absolute Gasteiger partial charge is 0.398 e. The highest BCUT2D eigenvalue weighted by Gasteiger charge is 2.22. The second-order valence-electron chi connectivity index (χ2n) is 4.58. The Balaban J connectivity index is 2.00. The average molecular weight is 286 g/mol. The van der Waals surface area contributed by atoms with Crippen LogP contribution in [-0.4, -0.2) is 47.2 Å². The quantitative estimate of drug-likeness (QED) is 0.846. The summed E-state index contributed by atoms with van der Waals surface area (Å²) in [6.07, 6.45) is -0.0565. The van der Waals surface area contributed by atoms with E-state index in [9.17, 15) is 8.60 Å². The van der Waals surface area contributed by atoms with Gasteiger partial charge in [-0.1, -0.05) is 6.92 Å². The van der Waals surface area contributed by atoms with Crippen LogP contribution in [0, 0.1) is 5.82 Å². The number of nitrogens with two attached hydrogens (primary N) is 1. The van der Waals surface area contributed by atoms with Gasteiger partial charge in [-0.25, -0.2) is 4.39 Å². The molecular formula is C13H19FN2O2S. The fraction of sp³-hybridized carbons (Fsp3) is 0.538. The zero-order chi connectivity index (χ0) is 13.8. The summed E-state index contributed by atoms with van der Waals surface area (Å²) >= 11 is 0. The molecule has 2 rings (SSSR count). The molecule has 1 aliphatic rings. The Bertz CT molecular complexity index is 470. The normalized spacial score (nSPS) is 22.3. The van der Waals surface area contributed by atoms with Crippen LogP contribution in [0.1, 0.15) is 6.92 Å². The first-order valence-corrected chi connectivity index (χ1v) is 7.69. The van der Waals surface area contributed by atoms with E-state index in [1.165, 1.54) is 18.2 Å². The molecule has 4 nitrogen and oxygen atoms in total. The maximum absolute atomic E-state index is 13.0. The monoisotopic (exact) mass is 286 g/mol. The molecule has 1 aliphatic heterocycles. The number of benzene rings is 1. The lowest BCUT2D eigenvalue weighted by atomic mass is 10.3. The Morgan fingerprint density at radius 3 is 3.05 bits per heavy atom. The van der Waals surface area contributed by atoms with E-state index in [1.807, 2.05) is 0 Å². The van der Waals surface area contributed by atoms with Crippen molar-refractivity contribution in [1.29, 1.82) is 0 Å². The third-order valence-electron chi connectivity index (χ3n) is 3.22. The highest BCUT2D eigenvalue weighted by atomic mass is 32.2. The lowest BCUT2D eigenvalue weighted by Crippen LogP contribution is -2.44. The molecule has 1 aromatic rings. The number of likely N-dealkylation sites (N-methyl/N-ethyl adjacent to an activating group) is 1. The molecule has 106 valence electrons. The summed E-state index contributed by atoms with van der Waals surface area (Å²) in [4.78, 5) is 2.75. The van der Waals surface area contributed by atoms with Crippen LogP contribution in [0.3, 0.4) is 0 Å². The van der Waals surface area contributed by atoms with Gasteiger partial charge >= 0.3 is 0 Å². The summed E-state index contributed by atoms with van der Waals surface area (Å²) in [6.45, 7) is 5.42. The Kier molecular flexibility index (Phi) is 4.90. The molecule has 2 N–H and O–H groups in total. The number of nitrogens with zero attached hydrogens (tertiary/aromatic N) is 1. The minimum atomic E-state index is -1.26. The second kappa shape index (κ2) is 6.45. The van der Waals surface area contributed by atoms with E-state index in [1.54, 1.807) is 0 Å². The SMILES string of the molecule is CCN1CCOC(CS(=O)c2ccc(F)cc2N)C1. The van der Waals surface area contributed by atoms with Crippen molar-refractivity contribution in [2.75, 3.05) is 37.7 Å². The number of rotatable bonds is 4. The van der Waals surface area contributed by atoms with E-state index in [0.717, 1.165) is 19.6 Å². The minimum Gasteiger partial charge on any atom is -0.398 e. The zero-order valence-electron chi connectivity index (χ0n) is 11.0. The van der Waals surface area contributed by atoms with E-state index in [2.05, 4.69) is 11.8 Å². The number of anilines is 1. The van der Waals surface area contributed by atoms with Crippen LogP contribution in [0.4, 0.5) is 10.1 Å². The van der Waals surface area contributed by atoms with Gasteiger partial charge < -0.3 is 10.5 Å². The molecule has 1 saturated heterocycles. The van der Waals surface area contributed by atoms with E-state index in [-0.39, 0.29) is 11.8 Å². The van der Waals surface area contributed by atoms with Gasteiger partial charge in [-0.3, -0.25) is 9.11 Å². The predicted octanol–water partition coefficient (Wildman–Crippen LogP) is 1.24. The van der Waals surface area contributed by atoms with Crippen molar-refractivity contribution < 1.29 is 13.3 Å². The molecule has 1 fully saturated rings. The average Bonchev–Trinajstić information content (AvgIpc) is 2.38. The van der Waals surface area contributed by atoms with E-state index < -0.39 is 16.6 Å². The molecule has 0 amide bonds. The molecule has 6 heteroatoms. The zero-order valence-corrected chi connectivity index (χ0v) is 11.8. The van der Waals surface area contributed by atoms with Crippen molar-refractivity contribution in [2.24, 2.45) is 0 Å². The molecular weight excluding hydrogens is 267 g/mol. The van der Waals surface area contributed by atoms with Gasteiger partial charge in [-0.05, 0) is 24.7 Å². The van der Waals surface area contributed by atoms with E-state index in [4.69, 9.17) is 10.5 Å². The Hall–Kier alpha value is -0.980. The summed E-state index contributed by atoms with van der Waals surface area (Å²) in [5.74, 6) is -0.0175. The summed E-state index contributed by atoms with van der Waals surface area (Å²) in [5, 5.41) is 0. The van der Waals surface area contributed by atoms with Crippen molar-refractivity contribution in [3.05, 3.63) is 24.0 Å². The number of hydrogen-bond donors (Lipinski definition) is 1. The first kappa shape index (κ1) is 14.4. The third kappa shape index (κ3) is 3.75. The molecule has 0 saturated carbocycles. The van der Waals surface area contributed by atoms with Gasteiger partial charge in [-0.2, -0.15) is 0 Å². The standard InChI is InChI=1S/C13H19FN2O2S/c1-2-16-5-6-18-11(8-16)9-19(17)13-4-3-10(14)7-12(13)15/h3-4,7,11H,2,5-6,8-9,15H2,1H3. The second-order valence-corrected chi connectivity index (χ2v) is 6.04. The Morgan fingerprint density at radius 2 is 2.37 bits per heavy atom. The molecule has 0 bridgehead atoms. The number of hydrogen-bond acceptors (Lipinski definition) is 4. The van der Waals surface area contributed by atoms with Gasteiger partial charge in [-0.15, -0.1) is 0 Å². The summed E-state index contributed by atoms with van der Waals surface area (Å²) in [6, 6.07) is 3.97. The van der Waals surface area contributed by atoms with Gasteiger partial charge in [0.05, 0.1) is 39.8 Å². The topological polar surface area (TPSA) is 55.6 Å². The maximum Gasteiger partial charge on any atom is 0.125 e. The van der Waals surface area contributed by atoms with Crippen LogP contribution in [0.25, 0.3) is 0 Å². The summed E-state index contributed by atoms with van der Waals surface area (Å²) < 4.78 is 30.8. The molecule has 1 aromatic carbocycles. The molecule has 2 unspecified atom stereocenters. The van der Waals surface area contributed by atoms with Crippen LogP contribution in [-0.2, 0) is 15.5 Å². The number of halogens is 1. The van der Waals surface area contributed by atoms with Gasteiger partial charge in [0.25, 0.3) is 0 Å². The van der Waals surface area contributed by atoms with Crippen molar-refractivity contribution in [3.63, 3.8) is 0 Å². The molecule has 0 aliphatic carbocycles. The fourth-order valence-corrected chi connectivity index (χ4v) is 3.41.